The van der Waals surface area contributed by atoms with Crippen molar-refractivity contribution >= 4 is 7.12 Å². The molecular formula is C21H23BO3. The third kappa shape index (κ3) is 5.09. The van der Waals surface area contributed by atoms with Gasteiger partial charge in [0.1, 0.15) is 12.4 Å². The van der Waals surface area contributed by atoms with Crippen molar-refractivity contribution in [3.63, 3.8) is 0 Å². The lowest BCUT2D eigenvalue weighted by molar-refractivity contribution is 0.181. The minimum atomic E-state index is -0.743. The second-order valence-electron chi connectivity index (χ2n) is 6.20. The van der Waals surface area contributed by atoms with Crippen LogP contribution in [0.4, 0.5) is 0 Å². The third-order valence-corrected chi connectivity index (χ3v) is 4.31. The first kappa shape index (κ1) is 17.5. The van der Waals surface area contributed by atoms with Gasteiger partial charge in [-0.05, 0) is 41.7 Å². The van der Waals surface area contributed by atoms with Gasteiger partial charge in [0.05, 0.1) is 6.10 Å². The maximum atomic E-state index is 9.86. The Morgan fingerprint density at radius 1 is 1.12 bits per heavy atom. The SMILES string of the molecule is C=C(COc1ccccc1)C1=CCB(O)OC1CCc1ccccc1. The van der Waals surface area contributed by atoms with E-state index in [0.717, 1.165) is 29.7 Å². The van der Waals surface area contributed by atoms with Crippen molar-refractivity contribution < 1.29 is 14.4 Å². The third-order valence-electron chi connectivity index (χ3n) is 4.31. The average molecular weight is 334 g/mol. The molecule has 0 amide bonds. The zero-order valence-electron chi connectivity index (χ0n) is 14.3. The lowest BCUT2D eigenvalue weighted by atomic mass is 9.78. The number of allylic oxidation sites excluding steroid dienone is 1. The second-order valence-corrected chi connectivity index (χ2v) is 6.20. The van der Waals surface area contributed by atoms with E-state index in [2.05, 4.69) is 18.7 Å². The summed E-state index contributed by atoms with van der Waals surface area (Å²) in [6, 6.07) is 20.0. The van der Waals surface area contributed by atoms with E-state index in [-0.39, 0.29) is 6.10 Å². The molecule has 1 aliphatic rings. The Balaban J connectivity index is 1.61. The zero-order valence-corrected chi connectivity index (χ0v) is 14.3. The fourth-order valence-corrected chi connectivity index (χ4v) is 2.99. The van der Waals surface area contributed by atoms with E-state index in [1.54, 1.807) is 0 Å². The van der Waals surface area contributed by atoms with Gasteiger partial charge in [-0.25, -0.2) is 0 Å². The van der Waals surface area contributed by atoms with E-state index >= 15 is 0 Å². The van der Waals surface area contributed by atoms with Gasteiger partial charge in [0.15, 0.2) is 0 Å². The number of aryl methyl sites for hydroxylation is 1. The van der Waals surface area contributed by atoms with Gasteiger partial charge in [0.2, 0.25) is 0 Å². The molecule has 1 atom stereocenters. The minimum absolute atomic E-state index is 0.157. The summed E-state index contributed by atoms with van der Waals surface area (Å²) in [5.41, 5.74) is 3.20. The van der Waals surface area contributed by atoms with Crippen LogP contribution in [0.5, 0.6) is 5.75 Å². The Kier molecular flexibility index (Phi) is 6.10. The van der Waals surface area contributed by atoms with Crippen molar-refractivity contribution in [2.45, 2.75) is 25.3 Å². The Morgan fingerprint density at radius 3 is 2.52 bits per heavy atom. The Bertz CT molecular complexity index is 712. The van der Waals surface area contributed by atoms with Crippen LogP contribution in [0, 0.1) is 0 Å². The Morgan fingerprint density at radius 2 is 1.80 bits per heavy atom. The smallest absolute Gasteiger partial charge is 0.458 e. The summed E-state index contributed by atoms with van der Waals surface area (Å²) in [6.07, 6.45) is 4.05. The van der Waals surface area contributed by atoms with Gasteiger partial charge < -0.3 is 14.4 Å². The van der Waals surface area contributed by atoms with Crippen LogP contribution < -0.4 is 4.74 Å². The monoisotopic (exact) mass is 334 g/mol. The molecule has 0 bridgehead atoms. The first-order valence-electron chi connectivity index (χ1n) is 8.66. The maximum Gasteiger partial charge on any atom is 0.458 e. The molecule has 1 N–H and O–H groups in total. The van der Waals surface area contributed by atoms with E-state index < -0.39 is 7.12 Å². The Labute approximate surface area is 149 Å². The lowest BCUT2D eigenvalue weighted by Gasteiger charge is -2.28. The van der Waals surface area contributed by atoms with Gasteiger partial charge in [-0.2, -0.15) is 0 Å². The lowest BCUT2D eigenvalue weighted by Crippen LogP contribution is -2.32. The van der Waals surface area contributed by atoms with Gasteiger partial charge in [-0.15, -0.1) is 0 Å². The first-order chi connectivity index (χ1) is 12.2. The molecule has 0 spiro atoms. The van der Waals surface area contributed by atoms with Gasteiger partial charge in [-0.3, -0.25) is 0 Å². The number of hydrogen-bond donors (Lipinski definition) is 1. The minimum Gasteiger partial charge on any atom is -0.489 e. The molecule has 0 saturated carbocycles. The van der Waals surface area contributed by atoms with Crippen molar-refractivity contribution in [1.82, 2.24) is 0 Å². The molecule has 2 aromatic rings. The molecular weight excluding hydrogens is 311 g/mol. The summed E-state index contributed by atoms with van der Waals surface area (Å²) in [5, 5.41) is 9.86. The van der Waals surface area contributed by atoms with Crippen molar-refractivity contribution in [2.75, 3.05) is 6.61 Å². The highest BCUT2D eigenvalue weighted by atomic mass is 16.5. The normalized spacial score (nSPS) is 17.1. The summed E-state index contributed by atoms with van der Waals surface area (Å²) in [5.74, 6) is 0.821. The van der Waals surface area contributed by atoms with E-state index in [4.69, 9.17) is 9.39 Å². The molecule has 0 saturated heterocycles. The number of benzene rings is 2. The average Bonchev–Trinajstić information content (AvgIpc) is 2.66. The largest absolute Gasteiger partial charge is 0.489 e. The summed E-state index contributed by atoms with van der Waals surface area (Å²) in [4.78, 5) is 0. The molecule has 4 heteroatoms. The standard InChI is InChI=1S/C21H23BO3/c1-17(16-24-19-10-6-3-7-11-19)20-14-15-22(23)25-21(20)13-12-18-8-4-2-5-9-18/h2-11,14,21,23H,1,12-13,15-16H2. The van der Waals surface area contributed by atoms with E-state index in [1.165, 1.54) is 5.56 Å². The quantitative estimate of drug-likeness (QED) is 0.776. The van der Waals surface area contributed by atoms with Gasteiger partial charge in [-0.1, -0.05) is 61.2 Å². The van der Waals surface area contributed by atoms with Gasteiger partial charge in [0.25, 0.3) is 0 Å². The Hall–Kier alpha value is -2.30. The molecule has 128 valence electrons. The predicted octanol–water partition coefficient (Wildman–Crippen LogP) is 4.06. The van der Waals surface area contributed by atoms with Crippen LogP contribution in [0.1, 0.15) is 12.0 Å². The topological polar surface area (TPSA) is 38.7 Å². The van der Waals surface area contributed by atoms with Crippen molar-refractivity contribution in [3.05, 3.63) is 90.0 Å². The van der Waals surface area contributed by atoms with Crippen LogP contribution in [0.25, 0.3) is 0 Å². The van der Waals surface area contributed by atoms with E-state index in [0.29, 0.717) is 12.9 Å². The van der Waals surface area contributed by atoms with Crippen LogP contribution in [0.3, 0.4) is 0 Å². The molecule has 1 aliphatic heterocycles. The number of hydrogen-bond acceptors (Lipinski definition) is 3. The van der Waals surface area contributed by atoms with Gasteiger partial charge >= 0.3 is 7.12 Å². The molecule has 3 rings (SSSR count). The predicted molar refractivity (Wildman–Crippen MR) is 102 cm³/mol. The molecule has 2 aromatic carbocycles. The maximum absolute atomic E-state index is 9.86. The van der Waals surface area contributed by atoms with Crippen LogP contribution in [-0.4, -0.2) is 24.9 Å². The fraction of sp³-hybridized carbons (Fsp3) is 0.238. The first-order valence-corrected chi connectivity index (χ1v) is 8.66. The molecule has 3 nitrogen and oxygen atoms in total. The molecule has 1 heterocycles. The van der Waals surface area contributed by atoms with Crippen molar-refractivity contribution in [2.24, 2.45) is 0 Å². The second kappa shape index (κ2) is 8.70. The highest BCUT2D eigenvalue weighted by Crippen LogP contribution is 2.27. The summed E-state index contributed by atoms with van der Waals surface area (Å²) >= 11 is 0. The number of para-hydroxylation sites is 1. The summed E-state index contributed by atoms with van der Waals surface area (Å²) in [7, 11) is -0.743. The molecule has 0 fully saturated rings. The van der Waals surface area contributed by atoms with E-state index in [9.17, 15) is 5.02 Å². The van der Waals surface area contributed by atoms with E-state index in [1.807, 2.05) is 54.6 Å². The molecule has 0 aromatic heterocycles. The fourth-order valence-electron chi connectivity index (χ4n) is 2.99. The number of ether oxygens (including phenoxy) is 1. The van der Waals surface area contributed by atoms with Crippen molar-refractivity contribution in [1.29, 1.82) is 0 Å². The van der Waals surface area contributed by atoms with Crippen LogP contribution in [0.2, 0.25) is 6.32 Å². The number of rotatable bonds is 7. The summed E-state index contributed by atoms with van der Waals surface area (Å²) in [6.45, 7) is 4.58. The molecule has 1 unspecified atom stereocenters. The highest BCUT2D eigenvalue weighted by Gasteiger charge is 2.28. The van der Waals surface area contributed by atoms with Gasteiger partial charge in [0, 0.05) is 6.32 Å². The summed E-state index contributed by atoms with van der Waals surface area (Å²) < 4.78 is 11.6. The van der Waals surface area contributed by atoms with Crippen LogP contribution in [-0.2, 0) is 11.1 Å². The highest BCUT2D eigenvalue weighted by molar-refractivity contribution is 6.43. The molecule has 0 radical (unpaired) electrons. The molecule has 0 aliphatic carbocycles. The van der Waals surface area contributed by atoms with Crippen molar-refractivity contribution in [3.8, 4) is 5.75 Å². The zero-order chi connectivity index (χ0) is 17.5. The van der Waals surface area contributed by atoms with Crippen LogP contribution >= 0.6 is 0 Å². The van der Waals surface area contributed by atoms with Crippen LogP contribution in [0.15, 0.2) is 84.5 Å². The molecule has 25 heavy (non-hydrogen) atoms.